The molecule has 2 heterocycles. The van der Waals surface area contributed by atoms with E-state index >= 15 is 0 Å². The van der Waals surface area contributed by atoms with E-state index < -0.39 is 5.60 Å². The molecule has 1 fully saturated rings. The minimum Gasteiger partial charge on any atom is -0.389 e. The Labute approximate surface area is 108 Å². The maximum atomic E-state index is 10.6. The van der Waals surface area contributed by atoms with Crippen LogP contribution in [-0.4, -0.2) is 32.0 Å². The normalized spacial score (nSPS) is 28.2. The van der Waals surface area contributed by atoms with Crippen molar-refractivity contribution in [1.29, 1.82) is 0 Å². The summed E-state index contributed by atoms with van der Waals surface area (Å²) in [5.74, 6) is 2.03. The smallest absolute Gasteiger partial charge is 0.0746 e. The second-order valence-corrected chi connectivity index (χ2v) is 7.07. The van der Waals surface area contributed by atoms with Crippen molar-refractivity contribution in [3.8, 4) is 0 Å². The molecule has 0 radical (unpaired) electrons. The highest BCUT2D eigenvalue weighted by molar-refractivity contribution is 7.99. The molecule has 0 spiro atoms. The number of nitrogens with zero attached hydrogens (tertiary/aromatic N) is 2. The highest BCUT2D eigenvalue weighted by Crippen LogP contribution is 2.41. The number of aliphatic hydroxyl groups is 1. The number of aromatic nitrogens is 2. The molecule has 1 aromatic heterocycles. The van der Waals surface area contributed by atoms with Gasteiger partial charge in [0, 0.05) is 19.0 Å². The van der Waals surface area contributed by atoms with Gasteiger partial charge in [-0.25, -0.2) is 0 Å². The Hall–Kier alpha value is -0.480. The predicted octanol–water partition coefficient (Wildman–Crippen LogP) is 2.25. The maximum Gasteiger partial charge on any atom is 0.0746 e. The molecule has 0 aliphatic carbocycles. The molecule has 1 aliphatic rings. The quantitative estimate of drug-likeness (QED) is 0.899. The molecule has 1 aromatic rings. The summed E-state index contributed by atoms with van der Waals surface area (Å²) in [5.41, 5.74) is 0.976. The summed E-state index contributed by atoms with van der Waals surface area (Å²) in [6, 6.07) is 0. The predicted molar refractivity (Wildman–Crippen MR) is 72.2 cm³/mol. The van der Waals surface area contributed by atoms with E-state index in [0.29, 0.717) is 0 Å². The largest absolute Gasteiger partial charge is 0.389 e. The summed E-state index contributed by atoms with van der Waals surface area (Å²) < 4.78 is 1.82. The number of hydrogen-bond donors (Lipinski definition) is 1. The van der Waals surface area contributed by atoms with Crippen molar-refractivity contribution >= 4 is 11.8 Å². The molecule has 0 bridgehead atoms. The molecule has 0 aromatic carbocycles. The van der Waals surface area contributed by atoms with Crippen LogP contribution in [0.3, 0.4) is 0 Å². The van der Waals surface area contributed by atoms with Crippen molar-refractivity contribution in [2.45, 2.75) is 38.7 Å². The number of thioether (sulfide) groups is 1. The first kappa shape index (κ1) is 13.0. The summed E-state index contributed by atoms with van der Waals surface area (Å²) >= 11 is 1.88. The average molecular weight is 254 g/mol. The number of aryl methyl sites for hydroxylation is 2. The van der Waals surface area contributed by atoms with Crippen LogP contribution < -0.4 is 0 Å². The Balaban J connectivity index is 1.93. The molecular formula is C13H22N2OS. The molecule has 96 valence electrons. The minimum absolute atomic E-state index is 0.257. The van der Waals surface area contributed by atoms with E-state index in [9.17, 15) is 5.11 Å². The van der Waals surface area contributed by atoms with E-state index in [2.05, 4.69) is 18.9 Å². The SMILES string of the molecule is Cn1cc(CCC2(O)CSCC(C)(C)C2)cn1. The topological polar surface area (TPSA) is 38.0 Å². The summed E-state index contributed by atoms with van der Waals surface area (Å²) in [6.07, 6.45) is 6.60. The van der Waals surface area contributed by atoms with Gasteiger partial charge in [-0.15, -0.1) is 0 Å². The second-order valence-electron chi connectivity index (χ2n) is 6.08. The standard InChI is InChI=1S/C13H22N2OS/c1-12(2)8-13(16,10-17-9-12)5-4-11-6-14-15(3)7-11/h6-7,16H,4-5,8-10H2,1-3H3. The molecule has 1 unspecified atom stereocenters. The third-order valence-corrected chi connectivity index (χ3v) is 5.04. The lowest BCUT2D eigenvalue weighted by Gasteiger charge is -2.41. The van der Waals surface area contributed by atoms with E-state index in [0.717, 1.165) is 30.8 Å². The minimum atomic E-state index is -0.498. The first-order chi connectivity index (χ1) is 7.89. The van der Waals surface area contributed by atoms with Gasteiger partial charge < -0.3 is 5.11 Å². The van der Waals surface area contributed by atoms with Gasteiger partial charge in [-0.05, 0) is 36.0 Å². The van der Waals surface area contributed by atoms with Crippen molar-refractivity contribution in [2.75, 3.05) is 11.5 Å². The maximum absolute atomic E-state index is 10.6. The molecule has 3 nitrogen and oxygen atoms in total. The first-order valence-corrected chi connectivity index (χ1v) is 7.32. The van der Waals surface area contributed by atoms with Crippen molar-refractivity contribution in [2.24, 2.45) is 12.5 Å². The fourth-order valence-corrected chi connectivity index (χ4v) is 4.03. The van der Waals surface area contributed by atoms with E-state index in [1.807, 2.05) is 35.9 Å². The van der Waals surface area contributed by atoms with Crippen LogP contribution in [0.5, 0.6) is 0 Å². The Morgan fingerprint density at radius 3 is 2.82 bits per heavy atom. The monoisotopic (exact) mass is 254 g/mol. The fraction of sp³-hybridized carbons (Fsp3) is 0.769. The van der Waals surface area contributed by atoms with Gasteiger partial charge in [0.2, 0.25) is 0 Å². The zero-order valence-corrected chi connectivity index (χ0v) is 11.8. The molecule has 1 atom stereocenters. The van der Waals surface area contributed by atoms with Crippen LogP contribution in [0.15, 0.2) is 12.4 Å². The first-order valence-electron chi connectivity index (χ1n) is 6.16. The van der Waals surface area contributed by atoms with Gasteiger partial charge >= 0.3 is 0 Å². The van der Waals surface area contributed by atoms with Gasteiger partial charge in [-0.2, -0.15) is 16.9 Å². The zero-order chi connectivity index (χ0) is 12.5. The Morgan fingerprint density at radius 2 is 2.24 bits per heavy atom. The molecular weight excluding hydrogens is 232 g/mol. The van der Waals surface area contributed by atoms with Crippen LogP contribution in [-0.2, 0) is 13.5 Å². The van der Waals surface area contributed by atoms with E-state index in [-0.39, 0.29) is 5.41 Å². The molecule has 4 heteroatoms. The third-order valence-electron chi connectivity index (χ3n) is 3.31. The zero-order valence-electron chi connectivity index (χ0n) is 10.9. The average Bonchev–Trinajstić information content (AvgIpc) is 2.60. The van der Waals surface area contributed by atoms with Gasteiger partial charge in [-0.3, -0.25) is 4.68 Å². The lowest BCUT2D eigenvalue weighted by Crippen LogP contribution is -2.42. The summed E-state index contributed by atoms with van der Waals surface area (Å²) in [7, 11) is 1.93. The van der Waals surface area contributed by atoms with Crippen LogP contribution in [0.4, 0.5) is 0 Å². The van der Waals surface area contributed by atoms with Crippen LogP contribution >= 0.6 is 11.8 Å². The van der Waals surface area contributed by atoms with E-state index in [1.165, 1.54) is 5.56 Å². The van der Waals surface area contributed by atoms with Crippen LogP contribution in [0.25, 0.3) is 0 Å². The number of hydrogen-bond acceptors (Lipinski definition) is 3. The highest BCUT2D eigenvalue weighted by Gasteiger charge is 2.38. The number of rotatable bonds is 3. The van der Waals surface area contributed by atoms with Crippen molar-refractivity contribution in [1.82, 2.24) is 9.78 Å². The summed E-state index contributed by atoms with van der Waals surface area (Å²) in [4.78, 5) is 0. The lowest BCUT2D eigenvalue weighted by molar-refractivity contribution is 0.0122. The summed E-state index contributed by atoms with van der Waals surface area (Å²) in [6.45, 7) is 4.49. The Bertz CT molecular complexity index is 389. The van der Waals surface area contributed by atoms with E-state index in [1.54, 1.807) is 0 Å². The summed E-state index contributed by atoms with van der Waals surface area (Å²) in [5, 5.41) is 14.8. The Kier molecular flexibility index (Phi) is 3.55. The van der Waals surface area contributed by atoms with Crippen molar-refractivity contribution < 1.29 is 5.11 Å². The molecule has 0 saturated carbocycles. The van der Waals surface area contributed by atoms with Crippen molar-refractivity contribution in [3.05, 3.63) is 18.0 Å². The fourth-order valence-electron chi connectivity index (χ4n) is 2.65. The molecule has 1 saturated heterocycles. The van der Waals surface area contributed by atoms with Gasteiger partial charge in [0.15, 0.2) is 0 Å². The van der Waals surface area contributed by atoms with Gasteiger partial charge in [-0.1, -0.05) is 13.8 Å². The third kappa shape index (κ3) is 3.49. The lowest BCUT2D eigenvalue weighted by atomic mass is 9.79. The van der Waals surface area contributed by atoms with Gasteiger partial charge in [0.25, 0.3) is 0 Å². The highest BCUT2D eigenvalue weighted by atomic mass is 32.2. The van der Waals surface area contributed by atoms with Crippen LogP contribution in [0.1, 0.15) is 32.3 Å². The van der Waals surface area contributed by atoms with Crippen LogP contribution in [0.2, 0.25) is 0 Å². The van der Waals surface area contributed by atoms with E-state index in [4.69, 9.17) is 0 Å². The molecule has 1 aliphatic heterocycles. The molecule has 0 amide bonds. The molecule has 2 rings (SSSR count). The van der Waals surface area contributed by atoms with Gasteiger partial charge in [0.05, 0.1) is 11.8 Å². The molecule has 1 N–H and O–H groups in total. The Morgan fingerprint density at radius 1 is 1.47 bits per heavy atom. The van der Waals surface area contributed by atoms with Crippen molar-refractivity contribution in [3.63, 3.8) is 0 Å². The second kappa shape index (κ2) is 4.65. The van der Waals surface area contributed by atoms with Crippen LogP contribution in [0, 0.1) is 5.41 Å². The molecule has 17 heavy (non-hydrogen) atoms. The van der Waals surface area contributed by atoms with Gasteiger partial charge in [0.1, 0.15) is 0 Å².